The zero-order chi connectivity index (χ0) is 16.5. The fourth-order valence-electron chi connectivity index (χ4n) is 1.88. The number of rotatable bonds is 3. The molecule has 8 heteroatoms. The van der Waals surface area contributed by atoms with E-state index in [0.29, 0.717) is 10.6 Å². The summed E-state index contributed by atoms with van der Waals surface area (Å²) in [6.07, 6.45) is -4.76. The summed E-state index contributed by atoms with van der Waals surface area (Å²) < 4.78 is 65.5. The average molecular weight is 350 g/mol. The van der Waals surface area contributed by atoms with E-state index >= 15 is 0 Å². The summed E-state index contributed by atoms with van der Waals surface area (Å²) in [5, 5.41) is 0.399. The van der Waals surface area contributed by atoms with E-state index in [0.717, 1.165) is 18.2 Å². The molecular formula is C14H11ClF3NO2S. The Bertz CT molecular complexity index is 804. The Balaban J connectivity index is 2.48. The molecule has 0 heterocycles. The minimum absolute atomic E-state index is 0.168. The number of benzene rings is 2. The third-order valence-corrected chi connectivity index (χ3v) is 4.57. The fraction of sp³-hybridized carbons (Fsp3) is 0.143. The third kappa shape index (κ3) is 3.53. The molecule has 1 N–H and O–H groups in total. The highest BCUT2D eigenvalue weighted by molar-refractivity contribution is 7.92. The first kappa shape index (κ1) is 16.6. The van der Waals surface area contributed by atoms with Crippen molar-refractivity contribution in [3.05, 3.63) is 58.6 Å². The molecule has 2 rings (SSSR count). The van der Waals surface area contributed by atoms with Crippen LogP contribution in [0, 0.1) is 6.92 Å². The van der Waals surface area contributed by atoms with E-state index in [4.69, 9.17) is 11.6 Å². The van der Waals surface area contributed by atoms with Crippen LogP contribution in [0.25, 0.3) is 0 Å². The van der Waals surface area contributed by atoms with Crippen molar-refractivity contribution in [3.63, 3.8) is 0 Å². The molecular weight excluding hydrogens is 339 g/mol. The van der Waals surface area contributed by atoms with Gasteiger partial charge in [-0.3, -0.25) is 4.72 Å². The molecule has 2 aromatic carbocycles. The maximum atomic E-state index is 12.9. The largest absolute Gasteiger partial charge is 0.417 e. The number of hydrogen-bond donors (Lipinski definition) is 1. The molecule has 0 amide bonds. The van der Waals surface area contributed by atoms with E-state index in [9.17, 15) is 21.6 Å². The molecule has 0 aliphatic rings. The maximum absolute atomic E-state index is 12.9. The van der Waals surface area contributed by atoms with Gasteiger partial charge in [0.2, 0.25) is 0 Å². The van der Waals surface area contributed by atoms with Gasteiger partial charge in [0.1, 0.15) is 0 Å². The molecule has 0 saturated heterocycles. The third-order valence-electron chi connectivity index (χ3n) is 2.91. The van der Waals surface area contributed by atoms with Gasteiger partial charge in [0.15, 0.2) is 0 Å². The average Bonchev–Trinajstić information content (AvgIpc) is 2.41. The minimum atomic E-state index is -4.76. The van der Waals surface area contributed by atoms with Crippen LogP contribution in [0.1, 0.15) is 11.1 Å². The van der Waals surface area contributed by atoms with Gasteiger partial charge in [0.25, 0.3) is 10.0 Å². The molecule has 0 saturated carbocycles. The number of anilines is 1. The van der Waals surface area contributed by atoms with Gasteiger partial charge in [-0.25, -0.2) is 8.42 Å². The van der Waals surface area contributed by atoms with Crippen LogP contribution >= 0.6 is 11.6 Å². The van der Waals surface area contributed by atoms with Crippen molar-refractivity contribution in [2.24, 2.45) is 0 Å². The van der Waals surface area contributed by atoms with E-state index in [-0.39, 0.29) is 5.69 Å². The number of alkyl halides is 3. The Labute approximate surface area is 130 Å². The molecule has 0 aromatic heterocycles. The topological polar surface area (TPSA) is 46.2 Å². The molecule has 22 heavy (non-hydrogen) atoms. The van der Waals surface area contributed by atoms with E-state index in [1.54, 1.807) is 6.92 Å². The predicted molar refractivity (Wildman–Crippen MR) is 78.4 cm³/mol. The van der Waals surface area contributed by atoms with Crippen LogP contribution in [0.2, 0.25) is 5.02 Å². The zero-order valence-electron chi connectivity index (χ0n) is 11.3. The van der Waals surface area contributed by atoms with Gasteiger partial charge in [-0.2, -0.15) is 13.2 Å². The first-order chi connectivity index (χ1) is 10.1. The molecule has 2 aromatic rings. The maximum Gasteiger partial charge on any atom is 0.417 e. The van der Waals surface area contributed by atoms with Crippen molar-refractivity contribution in [3.8, 4) is 0 Å². The highest BCUT2D eigenvalue weighted by Crippen LogP contribution is 2.35. The summed E-state index contributed by atoms with van der Waals surface area (Å²) in [5.74, 6) is 0. The second kappa shape index (κ2) is 5.81. The summed E-state index contributed by atoms with van der Waals surface area (Å²) in [4.78, 5) is -0.822. The molecule has 118 valence electrons. The summed E-state index contributed by atoms with van der Waals surface area (Å²) in [6.45, 7) is 1.60. The van der Waals surface area contributed by atoms with Crippen molar-refractivity contribution < 1.29 is 21.6 Å². The molecule has 0 aliphatic heterocycles. The number of hydrogen-bond acceptors (Lipinski definition) is 2. The monoisotopic (exact) mass is 349 g/mol. The van der Waals surface area contributed by atoms with Gasteiger partial charge < -0.3 is 0 Å². The Hall–Kier alpha value is -1.73. The van der Waals surface area contributed by atoms with Crippen molar-refractivity contribution >= 4 is 27.3 Å². The van der Waals surface area contributed by atoms with Crippen LogP contribution < -0.4 is 4.72 Å². The quantitative estimate of drug-likeness (QED) is 0.888. The molecule has 0 fully saturated rings. The number of aryl methyl sites for hydroxylation is 1. The fourth-order valence-corrected chi connectivity index (χ4v) is 3.46. The first-order valence-electron chi connectivity index (χ1n) is 6.06. The number of halogens is 4. The second-order valence-electron chi connectivity index (χ2n) is 4.56. The minimum Gasteiger partial charge on any atom is -0.279 e. The molecule has 0 spiro atoms. The smallest absolute Gasteiger partial charge is 0.279 e. The molecule has 0 atom stereocenters. The van der Waals surface area contributed by atoms with Gasteiger partial charge in [-0.1, -0.05) is 23.7 Å². The lowest BCUT2D eigenvalue weighted by atomic mass is 10.2. The number of sulfonamides is 1. The molecule has 0 bridgehead atoms. The van der Waals surface area contributed by atoms with Crippen LogP contribution in [0.3, 0.4) is 0 Å². The van der Waals surface area contributed by atoms with E-state index in [2.05, 4.69) is 4.72 Å². The molecule has 0 unspecified atom stereocenters. The van der Waals surface area contributed by atoms with Crippen LogP contribution in [-0.2, 0) is 16.2 Å². The first-order valence-corrected chi connectivity index (χ1v) is 7.92. The van der Waals surface area contributed by atoms with Crippen LogP contribution in [-0.4, -0.2) is 8.42 Å². The van der Waals surface area contributed by atoms with Crippen LogP contribution in [0.15, 0.2) is 47.4 Å². The Kier molecular flexibility index (Phi) is 4.39. The standard InChI is InChI=1S/C14H11ClF3NO2S/c1-9-8-10(15)6-7-12(9)19-22(20,21)13-5-3-2-4-11(13)14(16,17)18/h2-8,19H,1H3. The highest BCUT2D eigenvalue weighted by Gasteiger charge is 2.36. The highest BCUT2D eigenvalue weighted by atomic mass is 35.5. The van der Waals surface area contributed by atoms with Crippen molar-refractivity contribution in [2.45, 2.75) is 18.0 Å². The number of nitrogens with one attached hydrogen (secondary N) is 1. The second-order valence-corrected chi connectivity index (χ2v) is 6.65. The van der Waals surface area contributed by atoms with Gasteiger partial charge in [0, 0.05) is 5.02 Å². The van der Waals surface area contributed by atoms with Crippen LogP contribution in [0.5, 0.6) is 0 Å². The predicted octanol–water partition coefficient (Wildman–Crippen LogP) is 4.47. The molecule has 0 aliphatic carbocycles. The lowest BCUT2D eigenvalue weighted by Crippen LogP contribution is -2.19. The van der Waals surface area contributed by atoms with Crippen LogP contribution in [0.4, 0.5) is 18.9 Å². The van der Waals surface area contributed by atoms with E-state index in [1.165, 1.54) is 24.3 Å². The van der Waals surface area contributed by atoms with E-state index < -0.39 is 26.7 Å². The zero-order valence-corrected chi connectivity index (χ0v) is 12.9. The lowest BCUT2D eigenvalue weighted by Gasteiger charge is -2.15. The molecule has 3 nitrogen and oxygen atoms in total. The van der Waals surface area contributed by atoms with Crippen molar-refractivity contribution in [1.82, 2.24) is 0 Å². The van der Waals surface area contributed by atoms with Crippen molar-refractivity contribution in [2.75, 3.05) is 4.72 Å². The summed E-state index contributed by atoms with van der Waals surface area (Å²) in [5.41, 5.74) is -0.545. The SMILES string of the molecule is Cc1cc(Cl)ccc1NS(=O)(=O)c1ccccc1C(F)(F)F. The van der Waals surface area contributed by atoms with Gasteiger partial charge >= 0.3 is 6.18 Å². The lowest BCUT2D eigenvalue weighted by molar-refractivity contribution is -0.139. The summed E-state index contributed by atoms with van der Waals surface area (Å²) >= 11 is 5.76. The Morgan fingerprint density at radius 2 is 1.73 bits per heavy atom. The van der Waals surface area contributed by atoms with Gasteiger partial charge in [0.05, 0.1) is 16.1 Å². The van der Waals surface area contributed by atoms with E-state index in [1.807, 2.05) is 0 Å². The summed E-state index contributed by atoms with van der Waals surface area (Å²) in [7, 11) is -4.38. The normalized spacial score (nSPS) is 12.2. The Morgan fingerprint density at radius 1 is 1.09 bits per heavy atom. The van der Waals surface area contributed by atoms with Crippen molar-refractivity contribution in [1.29, 1.82) is 0 Å². The molecule has 0 radical (unpaired) electrons. The Morgan fingerprint density at radius 3 is 2.32 bits per heavy atom. The van der Waals surface area contributed by atoms with Gasteiger partial charge in [-0.05, 0) is 42.8 Å². The summed E-state index contributed by atoms with van der Waals surface area (Å²) in [6, 6.07) is 8.36. The van der Waals surface area contributed by atoms with Gasteiger partial charge in [-0.15, -0.1) is 0 Å².